The van der Waals surface area contributed by atoms with E-state index in [0.717, 1.165) is 10.4 Å². The van der Waals surface area contributed by atoms with E-state index < -0.39 is 0 Å². The molecule has 0 spiro atoms. The summed E-state index contributed by atoms with van der Waals surface area (Å²) < 4.78 is 0. The minimum atomic E-state index is -0.119. The molecule has 19 heavy (non-hydrogen) atoms. The number of hydrogen-bond donors (Lipinski definition) is 2. The lowest BCUT2D eigenvalue weighted by Gasteiger charge is -1.95. The summed E-state index contributed by atoms with van der Waals surface area (Å²) in [6.07, 6.45) is 3.69. The van der Waals surface area contributed by atoms with Crippen LogP contribution in [0.15, 0.2) is 17.1 Å². The first-order valence-electron chi connectivity index (χ1n) is 5.90. The SMILES string of the molecule is C=c1nc2[nH]c(=O)c(=Cc3sc(C)cc3C)c-2c[nH]1. The Bertz CT molecular complexity index is 884. The summed E-state index contributed by atoms with van der Waals surface area (Å²) in [5, 5.41) is 0.642. The van der Waals surface area contributed by atoms with Gasteiger partial charge >= 0.3 is 0 Å². The second kappa shape index (κ2) is 4.20. The van der Waals surface area contributed by atoms with E-state index in [2.05, 4.69) is 34.5 Å². The highest BCUT2D eigenvalue weighted by Gasteiger charge is 2.11. The molecule has 2 N–H and O–H groups in total. The Morgan fingerprint density at radius 1 is 1.42 bits per heavy atom. The number of nitrogens with zero attached hydrogens (tertiary/aromatic N) is 1. The van der Waals surface area contributed by atoms with Crippen LogP contribution in [0.3, 0.4) is 0 Å². The smallest absolute Gasteiger partial charge is 0.257 e. The maximum absolute atomic E-state index is 12.0. The first kappa shape index (κ1) is 11.9. The van der Waals surface area contributed by atoms with E-state index in [0.29, 0.717) is 16.5 Å². The summed E-state index contributed by atoms with van der Waals surface area (Å²) in [5.74, 6) is 0.575. The second-order valence-corrected chi connectivity index (χ2v) is 5.81. The molecule has 2 aliphatic rings. The predicted octanol–water partition coefficient (Wildman–Crippen LogP) is 1.12. The third kappa shape index (κ3) is 2.02. The lowest BCUT2D eigenvalue weighted by molar-refractivity contribution is 1.07. The number of thiophene rings is 1. The van der Waals surface area contributed by atoms with Gasteiger partial charge in [0.2, 0.25) is 0 Å². The fraction of sp³-hybridized carbons (Fsp3) is 0.143. The maximum atomic E-state index is 12.0. The van der Waals surface area contributed by atoms with Crippen LogP contribution in [0, 0.1) is 13.8 Å². The first-order valence-corrected chi connectivity index (χ1v) is 6.71. The highest BCUT2D eigenvalue weighted by Crippen LogP contribution is 2.21. The van der Waals surface area contributed by atoms with Crippen molar-refractivity contribution in [1.82, 2.24) is 15.0 Å². The zero-order valence-corrected chi connectivity index (χ0v) is 11.5. The zero-order valence-electron chi connectivity index (χ0n) is 10.7. The average Bonchev–Trinajstić information content (AvgIpc) is 2.80. The molecular formula is C14H13N3OS. The van der Waals surface area contributed by atoms with Crippen LogP contribution in [-0.4, -0.2) is 15.0 Å². The predicted molar refractivity (Wildman–Crippen MR) is 78.0 cm³/mol. The van der Waals surface area contributed by atoms with Gasteiger partial charge in [-0.25, -0.2) is 4.98 Å². The molecule has 0 amide bonds. The summed E-state index contributed by atoms with van der Waals surface area (Å²) in [5.41, 5.74) is 2.39. The number of hydrogen-bond acceptors (Lipinski definition) is 3. The molecule has 0 unspecified atom stereocenters. The molecule has 5 heteroatoms. The Balaban J connectivity index is 2.32. The molecule has 0 saturated carbocycles. The molecule has 0 bridgehead atoms. The van der Waals surface area contributed by atoms with Gasteiger partial charge in [0.1, 0.15) is 11.3 Å². The zero-order chi connectivity index (χ0) is 13.6. The fourth-order valence-corrected chi connectivity index (χ4v) is 3.11. The Hall–Kier alpha value is -2.14. The average molecular weight is 271 g/mol. The van der Waals surface area contributed by atoms with E-state index in [1.165, 1.54) is 10.4 Å². The first-order chi connectivity index (χ1) is 9.04. The van der Waals surface area contributed by atoms with Gasteiger partial charge in [0.25, 0.3) is 5.56 Å². The monoisotopic (exact) mass is 271 g/mol. The third-order valence-electron chi connectivity index (χ3n) is 3.01. The maximum Gasteiger partial charge on any atom is 0.257 e. The fourth-order valence-electron chi connectivity index (χ4n) is 2.13. The summed E-state index contributed by atoms with van der Waals surface area (Å²) in [6.45, 7) is 7.83. The molecule has 3 rings (SSSR count). The standard InChI is InChI=1S/C14H13N3OS/c1-7-4-8(2)19-12(7)5-10-11-6-15-9(3)16-13(11)17-14(10)18/h4-6,15H,3H2,1-2H3,(H,16,17,18). The van der Waals surface area contributed by atoms with Crippen molar-refractivity contribution in [3.05, 3.63) is 48.6 Å². The number of aromatic amines is 2. The van der Waals surface area contributed by atoms with Crippen molar-refractivity contribution >= 4 is 24.0 Å². The van der Waals surface area contributed by atoms with E-state index in [1.807, 2.05) is 13.0 Å². The van der Waals surface area contributed by atoms with E-state index >= 15 is 0 Å². The number of H-pyrrole nitrogens is 2. The number of aryl methyl sites for hydroxylation is 2. The summed E-state index contributed by atoms with van der Waals surface area (Å²) in [7, 11) is 0. The molecule has 0 saturated heterocycles. The van der Waals surface area contributed by atoms with Crippen molar-refractivity contribution in [2.45, 2.75) is 13.8 Å². The Morgan fingerprint density at radius 2 is 2.21 bits per heavy atom. The van der Waals surface area contributed by atoms with Crippen LogP contribution in [0.1, 0.15) is 15.3 Å². The number of nitrogens with one attached hydrogen (secondary N) is 2. The topological polar surface area (TPSA) is 61.5 Å². The highest BCUT2D eigenvalue weighted by atomic mass is 32.1. The third-order valence-corrected chi connectivity index (χ3v) is 4.11. The Kier molecular flexibility index (Phi) is 2.64. The van der Waals surface area contributed by atoms with Gasteiger partial charge in [0.05, 0.1) is 5.22 Å². The molecule has 2 aliphatic heterocycles. The molecule has 0 aromatic carbocycles. The normalized spacial score (nSPS) is 12.4. The Morgan fingerprint density at radius 3 is 2.89 bits per heavy atom. The van der Waals surface area contributed by atoms with Crippen molar-refractivity contribution in [3.8, 4) is 11.4 Å². The summed E-state index contributed by atoms with van der Waals surface area (Å²) in [4.78, 5) is 24.2. The van der Waals surface area contributed by atoms with E-state index in [4.69, 9.17) is 0 Å². The molecule has 0 aliphatic carbocycles. The van der Waals surface area contributed by atoms with Gasteiger partial charge in [0, 0.05) is 21.5 Å². The molecule has 4 nitrogen and oxygen atoms in total. The van der Waals surface area contributed by atoms with Gasteiger partial charge in [-0.3, -0.25) is 4.79 Å². The van der Waals surface area contributed by atoms with Crippen LogP contribution in [0.4, 0.5) is 0 Å². The summed E-state index contributed by atoms with van der Waals surface area (Å²) >= 11 is 1.68. The molecule has 0 fully saturated rings. The summed E-state index contributed by atoms with van der Waals surface area (Å²) in [6, 6.07) is 2.12. The van der Waals surface area contributed by atoms with Crippen molar-refractivity contribution in [2.24, 2.45) is 0 Å². The molecular weight excluding hydrogens is 258 g/mol. The molecule has 3 heterocycles. The number of rotatable bonds is 1. The lowest BCUT2D eigenvalue weighted by Crippen LogP contribution is -2.21. The van der Waals surface area contributed by atoms with Gasteiger partial charge in [-0.05, 0) is 31.6 Å². The van der Waals surface area contributed by atoms with Crippen molar-refractivity contribution in [1.29, 1.82) is 0 Å². The Labute approximate surface area is 113 Å². The lowest BCUT2D eigenvalue weighted by atomic mass is 10.2. The molecule has 0 radical (unpaired) electrons. The quantitative estimate of drug-likeness (QED) is 0.697. The van der Waals surface area contributed by atoms with Crippen LogP contribution in [0.25, 0.3) is 24.0 Å². The van der Waals surface area contributed by atoms with E-state index in [1.54, 1.807) is 17.5 Å². The number of aromatic nitrogens is 3. The molecule has 1 aromatic rings. The molecule has 96 valence electrons. The second-order valence-electron chi connectivity index (χ2n) is 4.53. The van der Waals surface area contributed by atoms with Crippen molar-refractivity contribution in [3.63, 3.8) is 0 Å². The number of fused-ring (bicyclic) bond motifs is 1. The van der Waals surface area contributed by atoms with Crippen LogP contribution in [0.2, 0.25) is 0 Å². The largest absolute Gasteiger partial charge is 0.346 e. The van der Waals surface area contributed by atoms with Gasteiger partial charge < -0.3 is 9.97 Å². The van der Waals surface area contributed by atoms with Crippen LogP contribution in [-0.2, 0) is 0 Å². The van der Waals surface area contributed by atoms with Gasteiger partial charge in [-0.1, -0.05) is 6.58 Å². The van der Waals surface area contributed by atoms with Gasteiger partial charge in [-0.15, -0.1) is 11.3 Å². The minimum absolute atomic E-state index is 0.119. The van der Waals surface area contributed by atoms with Crippen LogP contribution < -0.4 is 16.3 Å². The molecule has 1 aromatic heterocycles. The molecule has 0 atom stereocenters. The van der Waals surface area contributed by atoms with Crippen LogP contribution in [0.5, 0.6) is 0 Å². The van der Waals surface area contributed by atoms with Gasteiger partial charge in [0.15, 0.2) is 0 Å². The van der Waals surface area contributed by atoms with Crippen molar-refractivity contribution in [2.75, 3.05) is 0 Å². The van der Waals surface area contributed by atoms with E-state index in [-0.39, 0.29) is 5.56 Å². The van der Waals surface area contributed by atoms with Crippen molar-refractivity contribution < 1.29 is 0 Å². The van der Waals surface area contributed by atoms with E-state index in [9.17, 15) is 4.79 Å². The van der Waals surface area contributed by atoms with Gasteiger partial charge in [-0.2, -0.15) is 0 Å². The minimum Gasteiger partial charge on any atom is -0.346 e. The van der Waals surface area contributed by atoms with Crippen LogP contribution >= 0.6 is 11.3 Å². The highest BCUT2D eigenvalue weighted by molar-refractivity contribution is 7.13.